The third-order valence-corrected chi connectivity index (χ3v) is 2.51. The van der Waals surface area contributed by atoms with Gasteiger partial charge in [0.05, 0.1) is 5.21 Å². The van der Waals surface area contributed by atoms with Crippen molar-refractivity contribution in [1.82, 2.24) is 0 Å². The Labute approximate surface area is 68.2 Å². The Morgan fingerprint density at radius 1 is 1.67 bits per heavy atom. The zero-order valence-corrected chi connectivity index (χ0v) is 7.19. The Bertz CT molecular complexity index is 105. The fourth-order valence-corrected chi connectivity index (χ4v) is 1.76. The van der Waals surface area contributed by atoms with Gasteiger partial charge in [0.25, 0.3) is 0 Å². The molecular weight excluding hydrogens is 176 g/mol. The van der Waals surface area contributed by atoms with Gasteiger partial charge in [-0.2, -0.15) is 0 Å². The van der Waals surface area contributed by atoms with Crippen molar-refractivity contribution in [1.29, 1.82) is 0 Å². The molecule has 0 atom stereocenters. The van der Waals surface area contributed by atoms with Gasteiger partial charge in [0.15, 0.2) is 0 Å². The van der Waals surface area contributed by atoms with Crippen LogP contribution in [0.25, 0.3) is 0 Å². The van der Waals surface area contributed by atoms with Crippen molar-refractivity contribution in [3.63, 3.8) is 0 Å². The van der Waals surface area contributed by atoms with Crippen LogP contribution in [0.1, 0.15) is 0 Å². The molecule has 0 aromatic carbocycles. The maximum Gasteiger partial charge on any atom is 0.247 e. The number of hydrogen-bond acceptors (Lipinski definition) is 3. The van der Waals surface area contributed by atoms with Crippen LogP contribution in [0, 0.1) is 0 Å². The van der Waals surface area contributed by atoms with E-state index in [1.54, 1.807) is 6.08 Å². The number of hydrogen-bond donors (Lipinski definition) is 0. The number of alkyl halides is 1. The lowest BCUT2D eigenvalue weighted by Crippen LogP contribution is -1.80. The van der Waals surface area contributed by atoms with E-state index in [1.807, 2.05) is 0 Å². The summed E-state index contributed by atoms with van der Waals surface area (Å²) in [5.74, 6) is 0.669. The molecule has 0 saturated carbocycles. The van der Waals surface area contributed by atoms with Crippen molar-refractivity contribution >= 4 is 39.6 Å². The molecule has 0 heterocycles. The minimum Gasteiger partial charge on any atom is -0.274 e. The third-order valence-electron chi connectivity index (χ3n) is 0.491. The molecule has 1 nitrogen and oxygen atoms in total. The van der Waals surface area contributed by atoms with Gasteiger partial charge in [0.2, 0.25) is 4.45 Å². The lowest BCUT2D eigenvalue weighted by Gasteiger charge is -1.90. The highest BCUT2D eigenvalue weighted by atomic mass is 35.5. The normalized spacial score (nSPS) is 9.00. The summed E-state index contributed by atoms with van der Waals surface area (Å²) in [6.45, 7) is 3.48. The Kier molecular flexibility index (Phi) is 6.81. The molecule has 0 unspecified atom stereocenters. The summed E-state index contributed by atoms with van der Waals surface area (Å²) in [6, 6.07) is 0. The highest BCUT2D eigenvalue weighted by Gasteiger charge is 1.98. The predicted octanol–water partition coefficient (Wildman–Crippen LogP) is 2.96. The molecule has 0 bridgehead atoms. The molecule has 52 valence electrons. The quantitative estimate of drug-likeness (QED) is 0.494. The molecule has 4 heteroatoms. The second-order valence-electron chi connectivity index (χ2n) is 1.10. The number of rotatable bonds is 3. The van der Waals surface area contributed by atoms with Crippen LogP contribution in [-0.4, -0.2) is 15.4 Å². The fourth-order valence-electron chi connectivity index (χ4n) is 0.213. The zero-order valence-electron chi connectivity index (χ0n) is 4.80. The van der Waals surface area contributed by atoms with Gasteiger partial charge in [0.1, 0.15) is 0 Å². The van der Waals surface area contributed by atoms with E-state index in [-0.39, 0.29) is 4.45 Å². The second kappa shape index (κ2) is 6.52. The molecule has 0 aliphatic carbocycles. The first-order valence-corrected chi connectivity index (χ1v) is 4.78. The summed E-state index contributed by atoms with van der Waals surface area (Å²) in [7, 11) is 0. The van der Waals surface area contributed by atoms with Gasteiger partial charge < -0.3 is 0 Å². The van der Waals surface area contributed by atoms with Crippen LogP contribution in [0.3, 0.4) is 0 Å². The minimum atomic E-state index is 0.0601. The summed E-state index contributed by atoms with van der Waals surface area (Å²) in [6.07, 6.45) is 1.69. The van der Waals surface area contributed by atoms with Crippen LogP contribution in [0.15, 0.2) is 12.7 Å². The first kappa shape index (κ1) is 9.40. The van der Waals surface area contributed by atoms with Crippen molar-refractivity contribution in [2.24, 2.45) is 0 Å². The van der Waals surface area contributed by atoms with E-state index in [0.717, 1.165) is 11.8 Å². The maximum absolute atomic E-state index is 10.6. The molecule has 0 rings (SSSR count). The predicted molar refractivity (Wildman–Crippen MR) is 46.4 cm³/mol. The molecular formula is C5H7ClOS2. The number of carbonyl (C=O) groups is 1. The maximum atomic E-state index is 10.6. The van der Waals surface area contributed by atoms with Gasteiger partial charge in [-0.05, 0) is 0 Å². The molecule has 0 N–H and O–H groups in total. The first-order chi connectivity index (χ1) is 4.31. The smallest absolute Gasteiger partial charge is 0.247 e. The first-order valence-electron chi connectivity index (χ1n) is 2.27. The summed E-state index contributed by atoms with van der Waals surface area (Å²) in [5.41, 5.74) is 0. The molecule has 0 fully saturated rings. The average Bonchev–Trinajstić information content (AvgIpc) is 1.85. The van der Waals surface area contributed by atoms with Crippen molar-refractivity contribution in [2.45, 2.75) is 0 Å². The van der Waals surface area contributed by atoms with Gasteiger partial charge in [-0.1, -0.05) is 29.6 Å². The van der Waals surface area contributed by atoms with Gasteiger partial charge in [-0.15, -0.1) is 18.2 Å². The second-order valence-corrected chi connectivity index (χ2v) is 3.89. The fraction of sp³-hybridized carbons (Fsp3) is 0.400. The number of carbonyl (C=O) groups excluding carboxylic acids is 1. The number of thioether (sulfide) groups is 2. The summed E-state index contributed by atoms with van der Waals surface area (Å²) >= 11 is 7.61. The largest absolute Gasteiger partial charge is 0.274 e. The summed E-state index contributed by atoms with van der Waals surface area (Å²) in [4.78, 5) is 10.6. The van der Waals surface area contributed by atoms with Crippen LogP contribution in [0.5, 0.6) is 0 Å². The van der Waals surface area contributed by atoms with Crippen LogP contribution < -0.4 is 0 Å². The highest BCUT2D eigenvalue weighted by Crippen LogP contribution is 2.16. The molecule has 0 saturated heterocycles. The van der Waals surface area contributed by atoms with Gasteiger partial charge in [0, 0.05) is 5.75 Å². The molecule has 9 heavy (non-hydrogen) atoms. The minimum absolute atomic E-state index is 0.0601. The van der Waals surface area contributed by atoms with Crippen molar-refractivity contribution in [2.75, 3.05) is 11.0 Å². The van der Waals surface area contributed by atoms with Crippen molar-refractivity contribution in [3.05, 3.63) is 12.7 Å². The van der Waals surface area contributed by atoms with Crippen LogP contribution in [-0.2, 0) is 0 Å². The average molecular weight is 183 g/mol. The Balaban J connectivity index is 3.16. The van der Waals surface area contributed by atoms with Crippen molar-refractivity contribution < 1.29 is 4.79 Å². The van der Waals surface area contributed by atoms with Crippen molar-refractivity contribution in [3.8, 4) is 0 Å². The molecule has 0 aromatic rings. The van der Waals surface area contributed by atoms with E-state index in [1.165, 1.54) is 11.8 Å². The molecule has 0 spiro atoms. The monoisotopic (exact) mass is 182 g/mol. The van der Waals surface area contributed by atoms with E-state index in [2.05, 4.69) is 6.58 Å². The Morgan fingerprint density at radius 2 is 2.33 bits per heavy atom. The topological polar surface area (TPSA) is 17.1 Å². The lowest BCUT2D eigenvalue weighted by molar-refractivity contribution is 0.276. The SMILES string of the molecule is C=CCSC(=O)SCCl. The van der Waals surface area contributed by atoms with E-state index >= 15 is 0 Å². The van der Waals surface area contributed by atoms with Gasteiger partial charge in [-0.25, -0.2) is 0 Å². The number of halogens is 1. The van der Waals surface area contributed by atoms with Crippen LogP contribution >= 0.6 is 35.1 Å². The van der Waals surface area contributed by atoms with Gasteiger partial charge >= 0.3 is 0 Å². The van der Waals surface area contributed by atoms with Gasteiger partial charge in [-0.3, -0.25) is 4.79 Å². The van der Waals surface area contributed by atoms with E-state index in [9.17, 15) is 4.79 Å². The standard InChI is InChI=1S/C5H7ClOS2/c1-2-3-8-5(7)9-4-6/h2H,1,3-4H2. The summed E-state index contributed by atoms with van der Waals surface area (Å²) < 4.78 is 0.0601. The molecule has 0 radical (unpaired) electrons. The molecule has 0 amide bonds. The molecule has 0 aromatic heterocycles. The van der Waals surface area contributed by atoms with Crippen LogP contribution in [0.2, 0.25) is 0 Å². The summed E-state index contributed by atoms with van der Waals surface area (Å²) in [5, 5.41) is 0.336. The van der Waals surface area contributed by atoms with E-state index < -0.39 is 0 Å². The highest BCUT2D eigenvalue weighted by molar-refractivity contribution is 8.38. The Morgan fingerprint density at radius 3 is 2.78 bits per heavy atom. The Hall–Kier alpha value is 0.400. The van der Waals surface area contributed by atoms with E-state index in [0.29, 0.717) is 11.0 Å². The third kappa shape index (κ3) is 6.28. The van der Waals surface area contributed by atoms with Crippen LogP contribution in [0.4, 0.5) is 4.79 Å². The zero-order chi connectivity index (χ0) is 7.11. The lowest BCUT2D eigenvalue weighted by atomic mass is 10.8. The molecule has 0 aliphatic heterocycles. The molecule has 0 aliphatic rings. The van der Waals surface area contributed by atoms with E-state index in [4.69, 9.17) is 11.6 Å².